The van der Waals surface area contributed by atoms with Gasteiger partial charge in [-0.2, -0.15) is 0 Å². The number of carbonyl (C=O) groups is 1. The summed E-state index contributed by atoms with van der Waals surface area (Å²) in [5, 5.41) is 3.71. The normalized spacial score (nSPS) is 18.2. The van der Waals surface area contributed by atoms with Crippen LogP contribution in [0.4, 0.5) is 0 Å². The molecule has 2 rings (SSSR count). The van der Waals surface area contributed by atoms with Gasteiger partial charge in [0, 0.05) is 0 Å². The van der Waals surface area contributed by atoms with Gasteiger partial charge in [0.25, 0.3) is 0 Å². The molecule has 0 N–H and O–H groups in total. The molecule has 5 heteroatoms. The first-order chi connectivity index (χ1) is 8.20. The summed E-state index contributed by atoms with van der Waals surface area (Å²) >= 11 is 0. The van der Waals surface area contributed by atoms with Crippen LogP contribution in [0.2, 0.25) is 0 Å². The predicted molar refractivity (Wildman–Crippen MR) is 61.3 cm³/mol. The molecular formula is C12H13NO4. The Morgan fingerprint density at radius 3 is 2.65 bits per heavy atom. The lowest BCUT2D eigenvalue weighted by atomic mass is 10.2. The second kappa shape index (κ2) is 4.86. The third kappa shape index (κ3) is 2.55. The zero-order valence-corrected chi connectivity index (χ0v) is 9.67. The highest BCUT2D eigenvalue weighted by Crippen LogP contribution is 2.14. The van der Waals surface area contributed by atoms with E-state index in [9.17, 15) is 4.79 Å². The molecule has 0 aliphatic carbocycles. The van der Waals surface area contributed by atoms with E-state index in [1.807, 2.05) is 0 Å². The minimum absolute atomic E-state index is 0.285. The van der Waals surface area contributed by atoms with Crippen molar-refractivity contribution in [3.63, 3.8) is 0 Å². The third-order valence-corrected chi connectivity index (χ3v) is 2.48. The Morgan fingerprint density at radius 2 is 2.12 bits per heavy atom. The van der Waals surface area contributed by atoms with E-state index in [0.29, 0.717) is 17.0 Å². The summed E-state index contributed by atoms with van der Waals surface area (Å²) in [4.78, 5) is 16.6. The highest BCUT2D eigenvalue weighted by atomic mass is 16.7. The average Bonchev–Trinajstić information content (AvgIpc) is 2.75. The first-order valence-electron chi connectivity index (χ1n) is 5.22. The van der Waals surface area contributed by atoms with E-state index in [1.54, 1.807) is 38.3 Å². The number of ether oxygens (including phenoxy) is 2. The van der Waals surface area contributed by atoms with Gasteiger partial charge in [-0.1, -0.05) is 5.16 Å². The number of rotatable bonds is 3. The van der Waals surface area contributed by atoms with Gasteiger partial charge in [-0.15, -0.1) is 0 Å². The zero-order valence-electron chi connectivity index (χ0n) is 9.67. The molecule has 0 radical (unpaired) electrons. The maximum Gasteiger partial charge on any atom is 0.338 e. The maximum absolute atomic E-state index is 11.8. The van der Waals surface area contributed by atoms with Gasteiger partial charge in [-0.05, 0) is 31.2 Å². The maximum atomic E-state index is 11.8. The Balaban J connectivity index is 2.01. The Bertz CT molecular complexity index is 438. The molecule has 1 unspecified atom stereocenters. The number of hydrogen-bond donors (Lipinski definition) is 0. The van der Waals surface area contributed by atoms with E-state index < -0.39 is 5.97 Å². The average molecular weight is 235 g/mol. The van der Waals surface area contributed by atoms with Gasteiger partial charge in [-0.3, -0.25) is 0 Å². The van der Waals surface area contributed by atoms with E-state index >= 15 is 0 Å². The number of methoxy groups -OCH3 is 1. The lowest BCUT2D eigenvalue weighted by Gasteiger charge is -2.10. The van der Waals surface area contributed by atoms with Crippen LogP contribution in [0.15, 0.2) is 29.4 Å². The first kappa shape index (κ1) is 11.4. The van der Waals surface area contributed by atoms with Crippen LogP contribution in [0.3, 0.4) is 0 Å². The number of oxime groups is 1. The Labute approximate surface area is 99.0 Å². The monoisotopic (exact) mass is 235 g/mol. The van der Waals surface area contributed by atoms with Crippen LogP contribution in [0.1, 0.15) is 17.3 Å². The SMILES string of the molecule is COc1ccc(C(=O)OC2CON=C2C)cc1. The van der Waals surface area contributed by atoms with Gasteiger partial charge in [0.1, 0.15) is 5.75 Å². The van der Waals surface area contributed by atoms with Crippen LogP contribution in [0.5, 0.6) is 5.75 Å². The second-order valence-corrected chi connectivity index (χ2v) is 3.65. The number of carbonyl (C=O) groups excluding carboxylic acids is 1. The van der Waals surface area contributed by atoms with E-state index in [1.165, 1.54) is 0 Å². The van der Waals surface area contributed by atoms with Crippen molar-refractivity contribution in [1.82, 2.24) is 0 Å². The fraction of sp³-hybridized carbons (Fsp3) is 0.333. The molecule has 1 atom stereocenters. The molecule has 0 spiro atoms. The highest BCUT2D eigenvalue weighted by Gasteiger charge is 2.24. The molecule has 1 aliphatic heterocycles. The van der Waals surface area contributed by atoms with Gasteiger partial charge in [0.05, 0.1) is 18.4 Å². The number of esters is 1. The molecule has 1 aliphatic rings. The predicted octanol–water partition coefficient (Wildman–Crippen LogP) is 1.63. The number of nitrogens with zero attached hydrogens (tertiary/aromatic N) is 1. The largest absolute Gasteiger partial charge is 0.497 e. The van der Waals surface area contributed by atoms with Gasteiger partial charge in [0.15, 0.2) is 12.7 Å². The summed E-state index contributed by atoms with van der Waals surface area (Å²) in [6.45, 7) is 2.05. The van der Waals surface area contributed by atoms with Crippen LogP contribution in [0.25, 0.3) is 0 Å². The van der Waals surface area contributed by atoms with E-state index in [4.69, 9.17) is 14.3 Å². The van der Waals surface area contributed by atoms with Crippen LogP contribution in [0, 0.1) is 0 Å². The fourth-order valence-electron chi connectivity index (χ4n) is 1.43. The summed E-state index contributed by atoms with van der Waals surface area (Å²) in [5.41, 5.74) is 1.15. The van der Waals surface area contributed by atoms with E-state index in [0.717, 1.165) is 0 Å². The summed E-state index contributed by atoms with van der Waals surface area (Å²) in [6.07, 6.45) is -0.385. The molecule has 1 aromatic rings. The third-order valence-electron chi connectivity index (χ3n) is 2.48. The topological polar surface area (TPSA) is 57.1 Å². The summed E-state index contributed by atoms with van der Waals surface area (Å²) in [5.74, 6) is 0.307. The molecule has 0 saturated carbocycles. The van der Waals surface area contributed by atoms with Crippen molar-refractivity contribution in [2.24, 2.45) is 5.16 Å². The van der Waals surface area contributed by atoms with Crippen LogP contribution in [-0.4, -0.2) is 31.5 Å². The molecule has 1 aromatic carbocycles. The second-order valence-electron chi connectivity index (χ2n) is 3.65. The van der Waals surface area contributed by atoms with Crippen molar-refractivity contribution in [3.8, 4) is 5.75 Å². The zero-order chi connectivity index (χ0) is 12.3. The Kier molecular flexibility index (Phi) is 3.27. The fourth-order valence-corrected chi connectivity index (χ4v) is 1.43. The molecule has 0 amide bonds. The van der Waals surface area contributed by atoms with Crippen molar-refractivity contribution in [2.75, 3.05) is 13.7 Å². The minimum Gasteiger partial charge on any atom is -0.497 e. The standard InChI is InChI=1S/C12H13NO4/c1-8-11(7-16-13-8)17-12(14)9-3-5-10(15-2)6-4-9/h3-6,11H,7H2,1-2H3. The van der Waals surface area contributed by atoms with Crippen molar-refractivity contribution in [1.29, 1.82) is 0 Å². The summed E-state index contributed by atoms with van der Waals surface area (Å²) in [7, 11) is 1.57. The molecule has 17 heavy (non-hydrogen) atoms. The smallest absolute Gasteiger partial charge is 0.338 e. The van der Waals surface area contributed by atoms with E-state index in [2.05, 4.69) is 5.16 Å². The molecule has 0 bridgehead atoms. The van der Waals surface area contributed by atoms with Gasteiger partial charge >= 0.3 is 5.97 Å². The Morgan fingerprint density at radius 1 is 1.41 bits per heavy atom. The van der Waals surface area contributed by atoms with Crippen molar-refractivity contribution >= 4 is 11.7 Å². The molecular weight excluding hydrogens is 222 g/mol. The lowest BCUT2D eigenvalue weighted by molar-refractivity contribution is 0.0292. The minimum atomic E-state index is -0.391. The van der Waals surface area contributed by atoms with Gasteiger partial charge in [-0.25, -0.2) is 4.79 Å². The van der Waals surface area contributed by atoms with Crippen LogP contribution < -0.4 is 4.74 Å². The number of benzene rings is 1. The quantitative estimate of drug-likeness (QED) is 0.747. The molecule has 5 nitrogen and oxygen atoms in total. The Hall–Kier alpha value is -2.04. The molecule has 1 heterocycles. The molecule has 0 fully saturated rings. The van der Waals surface area contributed by atoms with Gasteiger partial charge < -0.3 is 14.3 Å². The van der Waals surface area contributed by atoms with Crippen molar-refractivity contribution < 1.29 is 19.1 Å². The summed E-state index contributed by atoms with van der Waals surface area (Å²) < 4.78 is 10.3. The molecule has 90 valence electrons. The lowest BCUT2D eigenvalue weighted by Crippen LogP contribution is -2.25. The van der Waals surface area contributed by atoms with E-state index in [-0.39, 0.29) is 12.7 Å². The highest BCUT2D eigenvalue weighted by molar-refractivity contribution is 5.94. The van der Waals surface area contributed by atoms with Crippen LogP contribution in [-0.2, 0) is 9.57 Å². The van der Waals surface area contributed by atoms with Crippen molar-refractivity contribution in [2.45, 2.75) is 13.0 Å². The van der Waals surface area contributed by atoms with Crippen molar-refractivity contribution in [3.05, 3.63) is 29.8 Å². The summed E-state index contributed by atoms with van der Waals surface area (Å²) in [6, 6.07) is 6.73. The molecule has 0 saturated heterocycles. The number of hydrogen-bond acceptors (Lipinski definition) is 5. The van der Waals surface area contributed by atoms with Gasteiger partial charge in [0.2, 0.25) is 0 Å². The van der Waals surface area contributed by atoms with Crippen LogP contribution >= 0.6 is 0 Å². The molecule has 0 aromatic heterocycles. The first-order valence-corrected chi connectivity index (χ1v) is 5.22.